The van der Waals surface area contributed by atoms with Gasteiger partial charge >= 0.3 is 0 Å². The molecule has 0 spiro atoms. The van der Waals surface area contributed by atoms with Gasteiger partial charge in [0.25, 0.3) is 0 Å². The van der Waals surface area contributed by atoms with Crippen molar-refractivity contribution in [1.82, 2.24) is 0 Å². The Morgan fingerprint density at radius 1 is 0.862 bits per heavy atom. The van der Waals surface area contributed by atoms with Crippen LogP contribution in [0.2, 0.25) is 0 Å². The van der Waals surface area contributed by atoms with E-state index < -0.39 is 11.0 Å². The van der Waals surface area contributed by atoms with Crippen molar-refractivity contribution >= 4 is 49.1 Å². The second-order valence-corrected chi connectivity index (χ2v) is 9.83. The molecule has 0 amide bonds. The maximum atomic E-state index is 13.4. The van der Waals surface area contributed by atoms with Gasteiger partial charge in [-0.05, 0) is 74.9 Å². The van der Waals surface area contributed by atoms with Crippen molar-refractivity contribution in [2.24, 2.45) is 0 Å². The molecule has 4 rings (SSSR count). The fourth-order valence-electron chi connectivity index (χ4n) is 4.27. The van der Waals surface area contributed by atoms with Crippen LogP contribution in [-0.2, 0) is 11.0 Å². The van der Waals surface area contributed by atoms with E-state index in [1.807, 2.05) is 0 Å². The topological polar surface area (TPSA) is 32.3 Å². The van der Waals surface area contributed by atoms with Crippen LogP contribution in [0.5, 0.6) is 0 Å². The van der Waals surface area contributed by atoms with Gasteiger partial charge < -0.3 is 9.62 Å². The molecular weight excluding hydrogens is 444 g/mol. The summed E-state index contributed by atoms with van der Waals surface area (Å²) in [5.41, 5.74) is 6.63. The third kappa shape index (κ3) is 3.59. The van der Waals surface area contributed by atoms with Gasteiger partial charge in [-0.1, -0.05) is 40.2 Å². The van der Waals surface area contributed by atoms with Crippen LogP contribution in [0.1, 0.15) is 35.1 Å². The van der Waals surface area contributed by atoms with Crippen LogP contribution in [0.4, 0.5) is 11.4 Å². The Balaban J connectivity index is 1.76. The zero-order valence-corrected chi connectivity index (χ0v) is 19.8. The smallest absolute Gasteiger partial charge is 0.150 e. The van der Waals surface area contributed by atoms with Crippen LogP contribution in [0.25, 0.3) is 10.8 Å². The normalized spacial score (nSPS) is 15.1. The molecule has 0 aliphatic carbocycles. The summed E-state index contributed by atoms with van der Waals surface area (Å²) in [7, 11) is -1.34. The van der Waals surface area contributed by atoms with Gasteiger partial charge in [0.05, 0.1) is 10.6 Å². The first-order valence-corrected chi connectivity index (χ1v) is 12.1. The molecule has 0 radical (unpaired) electrons. The predicted molar refractivity (Wildman–Crippen MR) is 129 cm³/mol. The third-order valence-electron chi connectivity index (χ3n) is 6.20. The summed E-state index contributed by atoms with van der Waals surface area (Å²) in [6, 6.07) is 12.7. The molecule has 1 N–H and O–H groups in total. The van der Waals surface area contributed by atoms with Gasteiger partial charge in [0.2, 0.25) is 0 Å². The minimum Gasteiger partial charge on any atom is -0.371 e. The quantitative estimate of drug-likeness (QED) is 0.467. The fraction of sp³-hybridized carbons (Fsp3) is 0.333. The molecule has 29 heavy (non-hydrogen) atoms. The van der Waals surface area contributed by atoms with Gasteiger partial charge in [-0.25, -0.2) is 4.21 Å². The number of hydrogen-bond donors (Lipinski definition) is 1. The average Bonchev–Trinajstić information content (AvgIpc) is 3.26. The lowest BCUT2D eigenvalue weighted by atomic mass is 10.0. The van der Waals surface area contributed by atoms with Gasteiger partial charge in [0.15, 0.2) is 11.0 Å². The highest BCUT2D eigenvalue weighted by Crippen LogP contribution is 2.36. The van der Waals surface area contributed by atoms with Crippen molar-refractivity contribution in [3.8, 4) is 0 Å². The van der Waals surface area contributed by atoms with E-state index in [1.54, 1.807) is 0 Å². The van der Waals surface area contributed by atoms with E-state index in [9.17, 15) is 4.21 Å². The van der Waals surface area contributed by atoms with Crippen LogP contribution in [0.3, 0.4) is 0 Å². The highest BCUT2D eigenvalue weighted by Gasteiger charge is 2.20. The lowest BCUT2D eigenvalue weighted by molar-refractivity contribution is 0.685. The Kier molecular flexibility index (Phi) is 5.71. The first kappa shape index (κ1) is 20.4. The average molecular weight is 471 g/mol. The fourth-order valence-corrected chi connectivity index (χ4v) is 6.20. The van der Waals surface area contributed by atoms with Crippen LogP contribution in [0.15, 0.2) is 45.8 Å². The van der Waals surface area contributed by atoms with Crippen molar-refractivity contribution in [3.63, 3.8) is 0 Å². The standard InChI is InChI=1S/C24H27BrN2OS/c1-15-17(3)24(18(4)16(2)23(15)25)29(28)26-21-11-12-22(27-13-7-8-14-27)20-10-6-5-9-19(20)21/h5-6,9-12,26H,7-8,13-14H2,1-4H3. The molecule has 0 saturated carbocycles. The molecule has 1 aliphatic rings. The molecule has 3 aromatic carbocycles. The molecule has 5 heteroatoms. The summed E-state index contributed by atoms with van der Waals surface area (Å²) in [4.78, 5) is 3.34. The summed E-state index contributed by atoms with van der Waals surface area (Å²) < 4.78 is 17.8. The molecule has 1 atom stereocenters. The number of rotatable bonds is 4. The third-order valence-corrected chi connectivity index (χ3v) is 8.78. The van der Waals surface area contributed by atoms with Crippen LogP contribution < -0.4 is 9.62 Å². The lowest BCUT2D eigenvalue weighted by Gasteiger charge is -2.22. The second kappa shape index (κ2) is 8.11. The summed E-state index contributed by atoms with van der Waals surface area (Å²) >= 11 is 3.68. The Hall–Kier alpha value is -1.85. The number of nitrogens with one attached hydrogen (secondary N) is 1. The van der Waals surface area contributed by atoms with Gasteiger partial charge in [-0.3, -0.25) is 0 Å². The number of nitrogens with zero attached hydrogens (tertiary/aromatic N) is 1. The van der Waals surface area contributed by atoms with Crippen molar-refractivity contribution < 1.29 is 4.21 Å². The molecule has 1 unspecified atom stereocenters. The van der Waals surface area contributed by atoms with Crippen LogP contribution in [0, 0.1) is 27.7 Å². The second-order valence-electron chi connectivity index (χ2n) is 7.89. The molecule has 1 saturated heterocycles. The zero-order chi connectivity index (χ0) is 20.7. The van der Waals surface area contributed by atoms with E-state index in [1.165, 1.54) is 23.9 Å². The Labute approximate surface area is 184 Å². The number of halogens is 1. The van der Waals surface area contributed by atoms with Crippen molar-refractivity contribution in [1.29, 1.82) is 0 Å². The largest absolute Gasteiger partial charge is 0.371 e. The first-order valence-electron chi connectivity index (χ1n) is 10.1. The summed E-state index contributed by atoms with van der Waals surface area (Å²) in [6.07, 6.45) is 2.50. The predicted octanol–water partition coefficient (Wildman–Crippen LogP) is 6.57. The first-order chi connectivity index (χ1) is 13.9. The maximum Gasteiger partial charge on any atom is 0.150 e. The van der Waals surface area contributed by atoms with E-state index >= 15 is 0 Å². The Bertz CT molecular complexity index is 1090. The Morgan fingerprint density at radius 2 is 1.45 bits per heavy atom. The molecule has 0 bridgehead atoms. The van der Waals surface area contributed by atoms with Gasteiger partial charge in [0, 0.05) is 34.0 Å². The molecule has 1 heterocycles. The minimum absolute atomic E-state index is 0.885. The van der Waals surface area contributed by atoms with Gasteiger partial charge in [-0.2, -0.15) is 0 Å². The molecule has 0 aromatic heterocycles. The molecule has 1 fully saturated rings. The van der Waals surface area contributed by atoms with E-state index in [2.05, 4.69) is 89.6 Å². The van der Waals surface area contributed by atoms with E-state index in [-0.39, 0.29) is 0 Å². The number of benzene rings is 3. The van der Waals surface area contributed by atoms with E-state index in [0.29, 0.717) is 0 Å². The lowest BCUT2D eigenvalue weighted by Crippen LogP contribution is -2.18. The molecular formula is C24H27BrN2OS. The molecule has 3 aromatic rings. The number of anilines is 2. The molecule has 1 aliphatic heterocycles. The molecule has 3 nitrogen and oxygen atoms in total. The monoisotopic (exact) mass is 470 g/mol. The SMILES string of the molecule is Cc1c(C)c(S(=O)Nc2ccc(N3CCCC3)c3ccccc23)c(C)c(C)c1Br. The highest BCUT2D eigenvalue weighted by atomic mass is 79.9. The van der Waals surface area contributed by atoms with E-state index in [0.717, 1.165) is 55.8 Å². The maximum absolute atomic E-state index is 13.4. The van der Waals surface area contributed by atoms with Crippen LogP contribution in [-0.4, -0.2) is 17.3 Å². The highest BCUT2D eigenvalue weighted by molar-refractivity contribution is 9.10. The van der Waals surface area contributed by atoms with E-state index in [4.69, 9.17) is 0 Å². The van der Waals surface area contributed by atoms with Crippen LogP contribution >= 0.6 is 15.9 Å². The summed E-state index contributed by atoms with van der Waals surface area (Å²) in [5, 5.41) is 2.33. The van der Waals surface area contributed by atoms with Gasteiger partial charge in [0.1, 0.15) is 0 Å². The van der Waals surface area contributed by atoms with Gasteiger partial charge in [-0.15, -0.1) is 0 Å². The van der Waals surface area contributed by atoms with Crippen molar-refractivity contribution in [2.75, 3.05) is 22.7 Å². The summed E-state index contributed by atoms with van der Waals surface area (Å²) in [6.45, 7) is 10.5. The number of hydrogen-bond acceptors (Lipinski definition) is 2. The summed E-state index contributed by atoms with van der Waals surface area (Å²) in [5.74, 6) is 0. The van der Waals surface area contributed by atoms with Crippen molar-refractivity contribution in [3.05, 3.63) is 63.1 Å². The minimum atomic E-state index is -1.34. The van der Waals surface area contributed by atoms with Crippen molar-refractivity contribution in [2.45, 2.75) is 45.4 Å². The molecule has 152 valence electrons. The Morgan fingerprint density at radius 3 is 2.07 bits per heavy atom. The zero-order valence-electron chi connectivity index (χ0n) is 17.4. The number of fused-ring (bicyclic) bond motifs is 1.